The minimum atomic E-state index is -0.577. The number of aryl methyl sites for hydroxylation is 1. The van der Waals surface area contributed by atoms with Crippen molar-refractivity contribution >= 4 is 21.9 Å². The number of rotatable bonds is 2. The molecule has 0 spiro atoms. The molecule has 1 aromatic carbocycles. The summed E-state index contributed by atoms with van der Waals surface area (Å²) < 4.78 is 6.77. The summed E-state index contributed by atoms with van der Waals surface area (Å²) in [5.41, 5.74) is 0.678. The molecule has 1 aromatic heterocycles. The van der Waals surface area contributed by atoms with Crippen LogP contribution >= 0.6 is 15.9 Å². The molecule has 0 radical (unpaired) electrons. The Balaban J connectivity index is 2.66. The van der Waals surface area contributed by atoms with Gasteiger partial charge in [0.2, 0.25) is 0 Å². The number of esters is 1. The summed E-state index contributed by atoms with van der Waals surface area (Å²) in [6, 6.07) is 7.17. The van der Waals surface area contributed by atoms with Gasteiger partial charge in [0.15, 0.2) is 5.69 Å². The summed E-state index contributed by atoms with van der Waals surface area (Å²) in [5.74, 6) is -0.577. The number of hydrogen-bond donors (Lipinski definition) is 0. The van der Waals surface area contributed by atoms with Crippen molar-refractivity contribution in [3.05, 3.63) is 51.0 Å². The van der Waals surface area contributed by atoms with Gasteiger partial charge in [-0.25, -0.2) is 9.78 Å². The Bertz CT molecular complexity index is 695. The maximum atomic E-state index is 12.1. The summed E-state index contributed by atoms with van der Waals surface area (Å²) >= 11 is 3.34. The number of benzene rings is 1. The fraction of sp³-hybridized carbons (Fsp3) is 0.154. The Morgan fingerprint density at radius 3 is 2.79 bits per heavy atom. The van der Waals surface area contributed by atoms with E-state index in [0.717, 1.165) is 4.47 Å². The molecule has 6 heteroatoms. The number of aromatic nitrogens is 2. The summed E-state index contributed by atoms with van der Waals surface area (Å²) in [4.78, 5) is 27.7. The summed E-state index contributed by atoms with van der Waals surface area (Å²) in [6.07, 6.45) is 1.36. The Morgan fingerprint density at radius 1 is 1.42 bits per heavy atom. The first-order chi connectivity index (χ1) is 9.02. The second-order valence-corrected chi connectivity index (χ2v) is 4.81. The molecule has 19 heavy (non-hydrogen) atoms. The van der Waals surface area contributed by atoms with E-state index in [9.17, 15) is 9.59 Å². The molecule has 98 valence electrons. The number of hydrogen-bond acceptors (Lipinski definition) is 4. The van der Waals surface area contributed by atoms with Crippen LogP contribution in [0.5, 0.6) is 0 Å². The number of carbonyl (C=O) groups excluding carboxylic acids is 1. The molecule has 0 saturated heterocycles. The van der Waals surface area contributed by atoms with Crippen molar-refractivity contribution in [2.24, 2.45) is 7.05 Å². The van der Waals surface area contributed by atoms with Gasteiger partial charge in [0, 0.05) is 23.3 Å². The highest BCUT2D eigenvalue weighted by Gasteiger charge is 2.14. The van der Waals surface area contributed by atoms with Crippen LogP contribution in [-0.4, -0.2) is 22.6 Å². The van der Waals surface area contributed by atoms with Crippen LogP contribution in [-0.2, 0) is 11.8 Å². The van der Waals surface area contributed by atoms with Gasteiger partial charge in [-0.1, -0.05) is 28.1 Å². The van der Waals surface area contributed by atoms with Crippen molar-refractivity contribution in [2.75, 3.05) is 7.11 Å². The Morgan fingerprint density at radius 2 is 2.16 bits per heavy atom. The van der Waals surface area contributed by atoms with E-state index in [1.807, 2.05) is 6.07 Å². The molecule has 5 nitrogen and oxygen atoms in total. The van der Waals surface area contributed by atoms with Gasteiger partial charge in [-0.15, -0.1) is 0 Å². The maximum Gasteiger partial charge on any atom is 0.358 e. The molecule has 2 rings (SSSR count). The summed E-state index contributed by atoms with van der Waals surface area (Å²) in [7, 11) is 2.84. The van der Waals surface area contributed by atoms with Gasteiger partial charge < -0.3 is 9.30 Å². The first-order valence-corrected chi connectivity index (χ1v) is 6.24. The van der Waals surface area contributed by atoms with Crippen LogP contribution in [0, 0.1) is 0 Å². The van der Waals surface area contributed by atoms with E-state index in [0.29, 0.717) is 5.56 Å². The van der Waals surface area contributed by atoms with Crippen LogP contribution in [0.2, 0.25) is 0 Å². The highest BCUT2D eigenvalue weighted by molar-refractivity contribution is 9.10. The molecule has 0 amide bonds. The highest BCUT2D eigenvalue weighted by atomic mass is 79.9. The lowest BCUT2D eigenvalue weighted by Crippen LogP contribution is -2.23. The molecule has 0 fully saturated rings. The van der Waals surface area contributed by atoms with Gasteiger partial charge in [-0.3, -0.25) is 4.79 Å². The van der Waals surface area contributed by atoms with E-state index >= 15 is 0 Å². The smallest absolute Gasteiger partial charge is 0.358 e. The van der Waals surface area contributed by atoms with E-state index in [2.05, 4.69) is 25.7 Å². The van der Waals surface area contributed by atoms with Gasteiger partial charge in [-0.2, -0.15) is 0 Å². The topological polar surface area (TPSA) is 61.2 Å². The van der Waals surface area contributed by atoms with Crippen LogP contribution in [0.3, 0.4) is 0 Å². The molecule has 0 aliphatic carbocycles. The van der Waals surface area contributed by atoms with Crippen LogP contribution in [0.4, 0.5) is 0 Å². The largest absolute Gasteiger partial charge is 0.464 e. The van der Waals surface area contributed by atoms with Crippen LogP contribution in [0.1, 0.15) is 10.5 Å². The van der Waals surface area contributed by atoms with E-state index in [-0.39, 0.29) is 16.9 Å². The predicted molar refractivity (Wildman–Crippen MR) is 74.0 cm³/mol. The second-order valence-electron chi connectivity index (χ2n) is 3.89. The Hall–Kier alpha value is -1.95. The zero-order valence-electron chi connectivity index (χ0n) is 10.4. The lowest BCUT2D eigenvalue weighted by atomic mass is 10.1. The SMILES string of the molecule is COC(=O)c1cn(C)c(=O)c(-c2cccc(Br)c2)n1. The van der Waals surface area contributed by atoms with Crippen LogP contribution in [0.15, 0.2) is 39.7 Å². The maximum absolute atomic E-state index is 12.1. The van der Waals surface area contributed by atoms with Crippen molar-refractivity contribution in [1.29, 1.82) is 0 Å². The average Bonchev–Trinajstić information content (AvgIpc) is 2.40. The monoisotopic (exact) mass is 322 g/mol. The molecule has 0 aliphatic heterocycles. The van der Waals surface area contributed by atoms with Crippen LogP contribution < -0.4 is 5.56 Å². The fourth-order valence-electron chi connectivity index (χ4n) is 1.63. The zero-order valence-corrected chi connectivity index (χ0v) is 12.0. The third kappa shape index (κ3) is 2.73. The van der Waals surface area contributed by atoms with Crippen molar-refractivity contribution in [2.45, 2.75) is 0 Å². The standard InChI is InChI=1S/C13H11BrN2O3/c1-16-7-10(13(18)19-2)15-11(12(16)17)8-4-3-5-9(14)6-8/h3-7H,1-2H3. The number of halogens is 1. The van der Waals surface area contributed by atoms with Crippen molar-refractivity contribution in [1.82, 2.24) is 9.55 Å². The normalized spacial score (nSPS) is 10.3. The fourth-order valence-corrected chi connectivity index (χ4v) is 2.03. The quantitative estimate of drug-likeness (QED) is 0.793. The average molecular weight is 323 g/mol. The predicted octanol–water partition coefficient (Wildman–Crippen LogP) is 2.00. The molecular formula is C13H11BrN2O3. The lowest BCUT2D eigenvalue weighted by Gasteiger charge is -2.06. The van der Waals surface area contributed by atoms with E-state index in [1.165, 1.54) is 17.9 Å². The molecule has 1 heterocycles. The molecule has 0 bridgehead atoms. The number of carbonyl (C=O) groups is 1. The van der Waals surface area contributed by atoms with Crippen molar-refractivity contribution < 1.29 is 9.53 Å². The summed E-state index contributed by atoms with van der Waals surface area (Å²) in [6.45, 7) is 0. The molecule has 0 saturated carbocycles. The Labute approximate surface area is 118 Å². The molecule has 0 N–H and O–H groups in total. The van der Waals surface area contributed by atoms with E-state index in [1.54, 1.807) is 25.2 Å². The Kier molecular flexibility index (Phi) is 3.80. The number of nitrogens with zero attached hydrogens (tertiary/aromatic N) is 2. The number of ether oxygens (including phenoxy) is 1. The second kappa shape index (κ2) is 5.36. The van der Waals surface area contributed by atoms with Crippen molar-refractivity contribution in [3.8, 4) is 11.3 Å². The molecule has 0 atom stereocenters. The molecule has 2 aromatic rings. The minimum Gasteiger partial charge on any atom is -0.464 e. The summed E-state index contributed by atoms with van der Waals surface area (Å²) in [5, 5.41) is 0. The lowest BCUT2D eigenvalue weighted by molar-refractivity contribution is 0.0593. The van der Waals surface area contributed by atoms with Gasteiger partial charge >= 0.3 is 5.97 Å². The van der Waals surface area contributed by atoms with Crippen molar-refractivity contribution in [3.63, 3.8) is 0 Å². The third-order valence-corrected chi connectivity index (χ3v) is 3.06. The molecule has 0 unspecified atom stereocenters. The van der Waals surface area contributed by atoms with Gasteiger partial charge in [-0.05, 0) is 12.1 Å². The number of methoxy groups -OCH3 is 1. The molecular weight excluding hydrogens is 312 g/mol. The van der Waals surface area contributed by atoms with E-state index in [4.69, 9.17) is 0 Å². The zero-order chi connectivity index (χ0) is 14.0. The molecule has 0 aliphatic rings. The third-order valence-electron chi connectivity index (χ3n) is 2.56. The van der Waals surface area contributed by atoms with Gasteiger partial charge in [0.25, 0.3) is 5.56 Å². The van der Waals surface area contributed by atoms with Gasteiger partial charge in [0.1, 0.15) is 5.69 Å². The van der Waals surface area contributed by atoms with E-state index < -0.39 is 5.97 Å². The first kappa shape index (κ1) is 13.5. The van der Waals surface area contributed by atoms with Gasteiger partial charge in [0.05, 0.1) is 7.11 Å². The van der Waals surface area contributed by atoms with Crippen LogP contribution in [0.25, 0.3) is 11.3 Å². The minimum absolute atomic E-state index is 0.0968. The first-order valence-electron chi connectivity index (χ1n) is 5.45. The highest BCUT2D eigenvalue weighted by Crippen LogP contribution is 2.19.